The van der Waals surface area contributed by atoms with Gasteiger partial charge in [0.15, 0.2) is 0 Å². The van der Waals surface area contributed by atoms with Gasteiger partial charge in [0.1, 0.15) is 0 Å². The summed E-state index contributed by atoms with van der Waals surface area (Å²) in [5, 5.41) is 3.98. The number of sulfonamides is 1. The van der Waals surface area contributed by atoms with Gasteiger partial charge in [0.25, 0.3) is 0 Å². The molecule has 3 aromatic rings. The van der Waals surface area contributed by atoms with Crippen LogP contribution in [0.4, 0.5) is 5.69 Å². The Balaban J connectivity index is 1.93. The molecule has 0 unspecified atom stereocenters. The van der Waals surface area contributed by atoms with Gasteiger partial charge >= 0.3 is 0 Å². The van der Waals surface area contributed by atoms with E-state index in [9.17, 15) is 13.2 Å². The highest BCUT2D eigenvalue weighted by Crippen LogP contribution is 2.26. The molecule has 0 radical (unpaired) electrons. The lowest BCUT2D eigenvalue weighted by Crippen LogP contribution is -2.37. The van der Waals surface area contributed by atoms with Gasteiger partial charge in [-0.2, -0.15) is 4.31 Å². The van der Waals surface area contributed by atoms with E-state index >= 15 is 0 Å². The van der Waals surface area contributed by atoms with Gasteiger partial charge in [0.05, 0.1) is 11.4 Å². The van der Waals surface area contributed by atoms with E-state index < -0.39 is 22.5 Å². The van der Waals surface area contributed by atoms with Crippen LogP contribution < -0.4 is 5.32 Å². The summed E-state index contributed by atoms with van der Waals surface area (Å²) in [4.78, 5) is 12.9. The molecule has 3 rings (SSSR count). The summed E-state index contributed by atoms with van der Waals surface area (Å²) in [5.41, 5.74) is 2.65. The second kappa shape index (κ2) is 10.2. The molecular weight excluding hydrogens is 491 g/mol. The Kier molecular flexibility index (Phi) is 7.85. The summed E-state index contributed by atoms with van der Waals surface area (Å²) in [7, 11) is -3.99. The molecule has 0 spiro atoms. The van der Waals surface area contributed by atoms with E-state index in [0.717, 1.165) is 9.87 Å². The number of carbonyl (C=O) groups is 1. The fourth-order valence-electron chi connectivity index (χ4n) is 3.02. The van der Waals surface area contributed by atoms with Crippen molar-refractivity contribution in [2.45, 2.75) is 25.3 Å². The second-order valence-electron chi connectivity index (χ2n) is 7.28. The lowest BCUT2D eigenvalue weighted by Gasteiger charge is -2.23. The van der Waals surface area contributed by atoms with Gasteiger partial charge < -0.3 is 5.32 Å². The minimum absolute atomic E-state index is 0.0833. The zero-order chi connectivity index (χ0) is 23.5. The largest absolute Gasteiger partial charge is 0.325 e. The number of halogens is 3. The monoisotopic (exact) mass is 510 g/mol. The van der Waals surface area contributed by atoms with Gasteiger partial charge in [-0.25, -0.2) is 8.42 Å². The van der Waals surface area contributed by atoms with Crippen LogP contribution in [0.2, 0.25) is 15.1 Å². The topological polar surface area (TPSA) is 66.5 Å². The second-order valence-corrected chi connectivity index (χ2v) is 10.5. The zero-order valence-corrected chi connectivity index (χ0v) is 20.5. The first-order valence-electron chi connectivity index (χ1n) is 9.63. The maximum absolute atomic E-state index is 13.4. The van der Waals surface area contributed by atoms with Crippen LogP contribution >= 0.6 is 34.8 Å². The molecule has 0 atom stereocenters. The maximum atomic E-state index is 13.4. The molecule has 9 heteroatoms. The van der Waals surface area contributed by atoms with Crippen LogP contribution in [0.25, 0.3) is 0 Å². The molecule has 0 fully saturated rings. The fraction of sp³-hybridized carbons (Fsp3) is 0.174. The third-order valence-electron chi connectivity index (χ3n) is 4.88. The molecule has 0 saturated carbocycles. The molecule has 168 valence electrons. The van der Waals surface area contributed by atoms with Crippen molar-refractivity contribution in [2.75, 3.05) is 11.9 Å². The van der Waals surface area contributed by atoms with Gasteiger partial charge in [-0.15, -0.1) is 0 Å². The number of nitrogens with one attached hydrogen (secondary N) is 1. The summed E-state index contributed by atoms with van der Waals surface area (Å²) in [6.45, 7) is 3.12. The van der Waals surface area contributed by atoms with Gasteiger partial charge in [0, 0.05) is 27.3 Å². The van der Waals surface area contributed by atoms with Crippen molar-refractivity contribution in [3.63, 3.8) is 0 Å². The predicted molar refractivity (Wildman–Crippen MR) is 130 cm³/mol. The number of amides is 1. The average Bonchev–Trinajstić information content (AvgIpc) is 2.73. The summed E-state index contributed by atoms with van der Waals surface area (Å²) >= 11 is 18.4. The molecule has 0 aliphatic carbocycles. The average molecular weight is 512 g/mol. The third kappa shape index (κ3) is 5.82. The Labute approximate surface area is 203 Å². The predicted octanol–water partition coefficient (Wildman–Crippen LogP) is 6.09. The number of benzene rings is 3. The summed E-state index contributed by atoms with van der Waals surface area (Å²) in [6, 6.07) is 16.4. The SMILES string of the molecule is Cc1ccc(S(=O)(=O)N(CC(=O)Nc2cccc(Cl)c2C)Cc2ccc(Cl)cc2Cl)cc1. The van der Waals surface area contributed by atoms with Crippen LogP contribution in [0.3, 0.4) is 0 Å². The molecular formula is C23H21Cl3N2O3S. The molecule has 0 saturated heterocycles. The van der Waals surface area contributed by atoms with Crippen LogP contribution in [0.1, 0.15) is 16.7 Å². The summed E-state index contributed by atoms with van der Waals surface area (Å²) in [5.74, 6) is -0.504. The summed E-state index contributed by atoms with van der Waals surface area (Å²) in [6.07, 6.45) is 0. The summed E-state index contributed by atoms with van der Waals surface area (Å²) < 4.78 is 27.9. The van der Waals surface area contributed by atoms with Gasteiger partial charge in [0.2, 0.25) is 15.9 Å². The van der Waals surface area contributed by atoms with E-state index in [4.69, 9.17) is 34.8 Å². The van der Waals surface area contributed by atoms with Crippen LogP contribution in [-0.2, 0) is 21.4 Å². The van der Waals surface area contributed by atoms with Crippen LogP contribution in [0, 0.1) is 13.8 Å². The van der Waals surface area contributed by atoms with Crippen molar-refractivity contribution in [2.24, 2.45) is 0 Å². The number of nitrogens with zero attached hydrogens (tertiary/aromatic N) is 1. The van der Waals surface area contributed by atoms with Crippen molar-refractivity contribution >= 4 is 56.4 Å². The number of carbonyl (C=O) groups excluding carboxylic acids is 1. The van der Waals surface area contributed by atoms with E-state index in [1.165, 1.54) is 18.2 Å². The molecule has 0 aromatic heterocycles. The lowest BCUT2D eigenvalue weighted by atomic mass is 10.2. The Morgan fingerprint density at radius 1 is 0.938 bits per heavy atom. The molecule has 0 aliphatic heterocycles. The lowest BCUT2D eigenvalue weighted by molar-refractivity contribution is -0.116. The number of hydrogen-bond acceptors (Lipinski definition) is 3. The van der Waals surface area contributed by atoms with Crippen molar-refractivity contribution in [3.8, 4) is 0 Å². The van der Waals surface area contributed by atoms with Crippen molar-refractivity contribution in [1.82, 2.24) is 4.31 Å². The Morgan fingerprint density at radius 3 is 2.28 bits per heavy atom. The molecule has 32 heavy (non-hydrogen) atoms. The highest BCUT2D eigenvalue weighted by Gasteiger charge is 2.28. The highest BCUT2D eigenvalue weighted by atomic mass is 35.5. The number of aryl methyl sites for hydroxylation is 1. The molecule has 5 nitrogen and oxygen atoms in total. The smallest absolute Gasteiger partial charge is 0.243 e. The first-order chi connectivity index (χ1) is 15.1. The first kappa shape index (κ1) is 24.6. The molecule has 1 amide bonds. The quantitative estimate of drug-likeness (QED) is 0.417. The van der Waals surface area contributed by atoms with Crippen LogP contribution in [0.15, 0.2) is 65.6 Å². The minimum Gasteiger partial charge on any atom is -0.325 e. The van der Waals surface area contributed by atoms with E-state index in [2.05, 4.69) is 5.32 Å². The van der Waals surface area contributed by atoms with E-state index in [1.54, 1.807) is 49.4 Å². The van der Waals surface area contributed by atoms with Crippen molar-refractivity contribution in [1.29, 1.82) is 0 Å². The normalized spacial score (nSPS) is 11.6. The zero-order valence-electron chi connectivity index (χ0n) is 17.4. The molecule has 1 N–H and O–H groups in total. The highest BCUT2D eigenvalue weighted by molar-refractivity contribution is 7.89. The van der Waals surface area contributed by atoms with Gasteiger partial charge in [-0.3, -0.25) is 4.79 Å². The number of rotatable bonds is 7. The van der Waals surface area contributed by atoms with Gasteiger partial charge in [-0.05, 0) is 61.4 Å². The van der Waals surface area contributed by atoms with E-state index in [0.29, 0.717) is 31.9 Å². The van der Waals surface area contributed by atoms with E-state index in [-0.39, 0.29) is 11.4 Å². The Bertz CT molecular complexity index is 1250. The third-order valence-corrected chi connectivity index (χ3v) is 7.68. The molecule has 0 heterocycles. The van der Waals surface area contributed by atoms with Crippen LogP contribution in [-0.4, -0.2) is 25.2 Å². The van der Waals surface area contributed by atoms with E-state index in [1.807, 2.05) is 6.92 Å². The Hall–Kier alpha value is -2.09. The number of hydrogen-bond donors (Lipinski definition) is 1. The first-order valence-corrected chi connectivity index (χ1v) is 12.2. The fourth-order valence-corrected chi connectivity index (χ4v) is 5.04. The van der Waals surface area contributed by atoms with Crippen LogP contribution in [0.5, 0.6) is 0 Å². The Morgan fingerprint density at radius 2 is 1.62 bits per heavy atom. The standard InChI is InChI=1S/C23H21Cl3N2O3S/c1-15-6-10-19(11-7-15)32(30,31)28(13-17-8-9-18(24)12-21(17)26)14-23(29)27-22-5-3-4-20(25)16(22)2/h3-12H,13-14H2,1-2H3,(H,27,29). The number of anilines is 1. The molecule has 3 aromatic carbocycles. The van der Waals surface area contributed by atoms with Gasteiger partial charge in [-0.1, -0.05) is 64.6 Å². The van der Waals surface area contributed by atoms with Crippen molar-refractivity contribution < 1.29 is 13.2 Å². The molecule has 0 bridgehead atoms. The molecule has 0 aliphatic rings. The maximum Gasteiger partial charge on any atom is 0.243 e. The van der Waals surface area contributed by atoms with Crippen molar-refractivity contribution in [3.05, 3.63) is 92.4 Å². The minimum atomic E-state index is -3.99.